The third-order valence-corrected chi connectivity index (χ3v) is 5.02. The molecule has 1 aromatic carbocycles. The number of nitriles is 1. The van der Waals surface area contributed by atoms with Gasteiger partial charge in [-0.2, -0.15) is 5.26 Å². The molecular formula is C17H11BrN2O2S. The summed E-state index contributed by atoms with van der Waals surface area (Å²) in [6.07, 6.45) is 0. The SMILES string of the molecule is COc1cccc(-c2cc(-c3ccc(Br)s3)c(C#N)c(=O)[nH]2)c1. The molecule has 0 unspecified atom stereocenters. The Morgan fingerprint density at radius 1 is 1.26 bits per heavy atom. The highest BCUT2D eigenvalue weighted by atomic mass is 79.9. The van der Waals surface area contributed by atoms with E-state index in [2.05, 4.69) is 20.9 Å². The monoisotopic (exact) mass is 386 g/mol. The van der Waals surface area contributed by atoms with Gasteiger partial charge in [0.25, 0.3) is 5.56 Å². The smallest absolute Gasteiger partial charge is 0.267 e. The number of ether oxygens (including phenoxy) is 1. The number of thiophene rings is 1. The van der Waals surface area contributed by atoms with Gasteiger partial charge in [0, 0.05) is 21.7 Å². The summed E-state index contributed by atoms with van der Waals surface area (Å²) in [6, 6.07) is 15.0. The van der Waals surface area contributed by atoms with Crippen LogP contribution in [0.15, 0.2) is 51.0 Å². The molecular weight excluding hydrogens is 376 g/mol. The maximum Gasteiger partial charge on any atom is 0.267 e. The zero-order valence-corrected chi connectivity index (χ0v) is 14.5. The van der Waals surface area contributed by atoms with E-state index < -0.39 is 5.56 Å². The van der Waals surface area contributed by atoms with Gasteiger partial charge in [0.2, 0.25) is 0 Å². The van der Waals surface area contributed by atoms with Gasteiger partial charge < -0.3 is 9.72 Å². The van der Waals surface area contributed by atoms with E-state index >= 15 is 0 Å². The lowest BCUT2D eigenvalue weighted by Crippen LogP contribution is -2.12. The fraction of sp³-hybridized carbons (Fsp3) is 0.0588. The van der Waals surface area contributed by atoms with E-state index in [0.29, 0.717) is 17.0 Å². The molecule has 23 heavy (non-hydrogen) atoms. The molecule has 0 atom stereocenters. The summed E-state index contributed by atoms with van der Waals surface area (Å²) >= 11 is 4.89. The minimum Gasteiger partial charge on any atom is -0.497 e. The van der Waals surface area contributed by atoms with Gasteiger partial charge in [-0.25, -0.2) is 0 Å². The molecule has 0 aliphatic rings. The molecule has 3 rings (SSSR count). The second-order valence-corrected chi connectivity index (χ2v) is 7.21. The van der Waals surface area contributed by atoms with Crippen LogP contribution in [0, 0.1) is 11.3 Å². The first-order valence-corrected chi connectivity index (χ1v) is 8.31. The van der Waals surface area contributed by atoms with Crippen molar-refractivity contribution >= 4 is 27.3 Å². The van der Waals surface area contributed by atoms with Gasteiger partial charge >= 0.3 is 0 Å². The summed E-state index contributed by atoms with van der Waals surface area (Å²) in [5.74, 6) is 0.702. The number of nitrogens with zero attached hydrogens (tertiary/aromatic N) is 1. The third-order valence-electron chi connectivity index (χ3n) is 3.36. The Labute approximate surface area is 145 Å². The lowest BCUT2D eigenvalue weighted by molar-refractivity contribution is 0.415. The van der Waals surface area contributed by atoms with Crippen molar-refractivity contribution in [2.45, 2.75) is 0 Å². The number of aromatic amines is 1. The third kappa shape index (κ3) is 3.07. The summed E-state index contributed by atoms with van der Waals surface area (Å²) in [5.41, 5.74) is 1.82. The van der Waals surface area contributed by atoms with Crippen LogP contribution in [-0.4, -0.2) is 12.1 Å². The molecule has 0 bridgehead atoms. The Balaban J connectivity index is 2.22. The molecule has 0 spiro atoms. The first kappa shape index (κ1) is 15.5. The summed E-state index contributed by atoms with van der Waals surface area (Å²) in [4.78, 5) is 15.9. The topological polar surface area (TPSA) is 65.9 Å². The van der Waals surface area contributed by atoms with Crippen LogP contribution in [0.5, 0.6) is 5.75 Å². The highest BCUT2D eigenvalue weighted by Gasteiger charge is 2.14. The van der Waals surface area contributed by atoms with Crippen molar-refractivity contribution in [1.29, 1.82) is 5.26 Å². The minimum absolute atomic E-state index is 0.117. The number of halogens is 1. The normalized spacial score (nSPS) is 10.3. The zero-order chi connectivity index (χ0) is 16.4. The molecule has 2 aromatic heterocycles. The van der Waals surface area contributed by atoms with Crippen molar-refractivity contribution < 1.29 is 4.74 Å². The van der Waals surface area contributed by atoms with Crippen molar-refractivity contribution in [3.8, 4) is 33.5 Å². The summed E-state index contributed by atoms with van der Waals surface area (Å²) in [6.45, 7) is 0. The quantitative estimate of drug-likeness (QED) is 0.724. The number of methoxy groups -OCH3 is 1. The van der Waals surface area contributed by atoms with Crippen LogP contribution >= 0.6 is 27.3 Å². The average molecular weight is 387 g/mol. The highest BCUT2D eigenvalue weighted by Crippen LogP contribution is 2.34. The molecule has 0 fully saturated rings. The first-order valence-electron chi connectivity index (χ1n) is 6.70. The van der Waals surface area contributed by atoms with Crippen molar-refractivity contribution in [3.05, 3.63) is 62.2 Å². The lowest BCUT2D eigenvalue weighted by atomic mass is 10.0. The number of aromatic nitrogens is 1. The van der Waals surface area contributed by atoms with Crippen molar-refractivity contribution in [2.75, 3.05) is 7.11 Å². The van der Waals surface area contributed by atoms with E-state index in [-0.39, 0.29) is 5.56 Å². The number of H-pyrrole nitrogens is 1. The van der Waals surface area contributed by atoms with E-state index in [1.807, 2.05) is 48.5 Å². The van der Waals surface area contributed by atoms with Crippen LogP contribution in [0.2, 0.25) is 0 Å². The van der Waals surface area contributed by atoms with Crippen LogP contribution in [-0.2, 0) is 0 Å². The summed E-state index contributed by atoms with van der Waals surface area (Å²) in [7, 11) is 1.59. The maximum atomic E-state index is 12.3. The van der Waals surface area contributed by atoms with Gasteiger partial charge in [-0.15, -0.1) is 11.3 Å². The zero-order valence-electron chi connectivity index (χ0n) is 12.1. The van der Waals surface area contributed by atoms with Crippen molar-refractivity contribution in [3.63, 3.8) is 0 Å². The van der Waals surface area contributed by atoms with Gasteiger partial charge in [-0.1, -0.05) is 12.1 Å². The predicted molar refractivity (Wildman–Crippen MR) is 94.8 cm³/mol. The maximum absolute atomic E-state index is 12.3. The van der Waals surface area contributed by atoms with E-state index in [9.17, 15) is 10.1 Å². The molecule has 0 saturated carbocycles. The molecule has 6 heteroatoms. The second kappa shape index (κ2) is 6.41. The Morgan fingerprint density at radius 2 is 2.09 bits per heavy atom. The molecule has 114 valence electrons. The fourth-order valence-corrected chi connectivity index (χ4v) is 3.68. The fourth-order valence-electron chi connectivity index (χ4n) is 2.27. The number of nitrogens with one attached hydrogen (secondary N) is 1. The van der Waals surface area contributed by atoms with Crippen molar-refractivity contribution in [2.24, 2.45) is 0 Å². The Hall–Kier alpha value is -2.36. The van der Waals surface area contributed by atoms with E-state index in [4.69, 9.17) is 4.74 Å². The standard InChI is InChI=1S/C17H11BrN2O2S/c1-22-11-4-2-3-10(7-11)14-8-12(13(9-19)17(21)20-14)15-5-6-16(18)23-15/h2-8H,1H3,(H,20,21). The van der Waals surface area contributed by atoms with Gasteiger partial charge in [0.15, 0.2) is 0 Å². The molecule has 0 radical (unpaired) electrons. The molecule has 2 heterocycles. The average Bonchev–Trinajstić information content (AvgIpc) is 3.00. The molecule has 0 saturated heterocycles. The second-order valence-electron chi connectivity index (χ2n) is 4.75. The number of hydrogen-bond donors (Lipinski definition) is 1. The van der Waals surface area contributed by atoms with E-state index in [1.165, 1.54) is 11.3 Å². The van der Waals surface area contributed by atoms with Crippen LogP contribution in [0.25, 0.3) is 21.7 Å². The van der Waals surface area contributed by atoms with Gasteiger partial charge in [-0.05, 0) is 46.3 Å². The molecule has 0 aliphatic heterocycles. The summed E-state index contributed by atoms with van der Waals surface area (Å²) < 4.78 is 6.17. The van der Waals surface area contributed by atoms with Gasteiger partial charge in [-0.3, -0.25) is 4.79 Å². The van der Waals surface area contributed by atoms with Crippen LogP contribution < -0.4 is 10.3 Å². The predicted octanol–water partition coefficient (Wildman–Crippen LogP) is 4.41. The largest absolute Gasteiger partial charge is 0.497 e. The summed E-state index contributed by atoms with van der Waals surface area (Å²) in [5, 5.41) is 9.31. The van der Waals surface area contributed by atoms with E-state index in [0.717, 1.165) is 14.2 Å². The molecule has 0 aliphatic carbocycles. The Morgan fingerprint density at radius 3 is 2.74 bits per heavy atom. The van der Waals surface area contributed by atoms with Gasteiger partial charge in [0.1, 0.15) is 17.4 Å². The highest BCUT2D eigenvalue weighted by molar-refractivity contribution is 9.11. The first-order chi connectivity index (χ1) is 11.1. The Kier molecular flexibility index (Phi) is 4.33. The Bertz CT molecular complexity index is 969. The number of hydrogen-bond acceptors (Lipinski definition) is 4. The van der Waals surface area contributed by atoms with Crippen LogP contribution in [0.1, 0.15) is 5.56 Å². The molecule has 1 N–H and O–H groups in total. The number of rotatable bonds is 3. The molecule has 3 aromatic rings. The van der Waals surface area contributed by atoms with Crippen LogP contribution in [0.3, 0.4) is 0 Å². The molecule has 4 nitrogen and oxygen atoms in total. The van der Waals surface area contributed by atoms with E-state index in [1.54, 1.807) is 7.11 Å². The van der Waals surface area contributed by atoms with Crippen molar-refractivity contribution in [1.82, 2.24) is 4.98 Å². The number of pyridine rings is 1. The lowest BCUT2D eigenvalue weighted by Gasteiger charge is -2.08. The van der Waals surface area contributed by atoms with Gasteiger partial charge in [0.05, 0.1) is 10.9 Å². The number of benzene rings is 1. The molecule has 0 amide bonds. The minimum atomic E-state index is -0.396. The van der Waals surface area contributed by atoms with Crippen LogP contribution in [0.4, 0.5) is 0 Å².